The van der Waals surface area contributed by atoms with Crippen LogP contribution in [0.5, 0.6) is 0 Å². The van der Waals surface area contributed by atoms with E-state index in [2.05, 4.69) is 17.2 Å². The van der Waals surface area contributed by atoms with Crippen molar-refractivity contribution in [2.24, 2.45) is 0 Å². The molecule has 0 aliphatic rings. The molecule has 1 aromatic heterocycles. The minimum Gasteiger partial charge on any atom is -0.385 e. The van der Waals surface area contributed by atoms with Gasteiger partial charge in [0.15, 0.2) is 0 Å². The fraction of sp³-hybridized carbons (Fsp3) is 0.583. The average molecular weight is 288 g/mol. The first-order valence-electron chi connectivity index (χ1n) is 5.95. The van der Waals surface area contributed by atoms with Gasteiger partial charge in [-0.15, -0.1) is 0 Å². The number of thioether (sulfide) groups is 1. The Kier molecular flexibility index (Phi) is 6.49. The predicted molar refractivity (Wildman–Crippen MR) is 78.9 cm³/mol. The van der Waals surface area contributed by atoms with E-state index in [1.165, 1.54) is 6.26 Å². The molecule has 1 aromatic rings. The van der Waals surface area contributed by atoms with E-state index in [9.17, 15) is 8.42 Å². The lowest BCUT2D eigenvalue weighted by Gasteiger charge is -2.06. The summed E-state index contributed by atoms with van der Waals surface area (Å²) in [6.45, 7) is 3.07. The van der Waals surface area contributed by atoms with Gasteiger partial charge in [-0.05, 0) is 18.6 Å². The molecule has 102 valence electrons. The summed E-state index contributed by atoms with van der Waals surface area (Å²) < 4.78 is 22.0. The zero-order chi connectivity index (χ0) is 13.4. The van der Waals surface area contributed by atoms with Crippen LogP contribution in [0.2, 0.25) is 0 Å². The lowest BCUT2D eigenvalue weighted by molar-refractivity contribution is 0.603. The highest BCUT2D eigenvalue weighted by atomic mass is 32.2. The Morgan fingerprint density at radius 2 is 2.22 bits per heavy atom. The van der Waals surface area contributed by atoms with E-state index < -0.39 is 9.84 Å². The first-order chi connectivity index (χ1) is 8.51. The Bertz CT molecular complexity index is 461. The third kappa shape index (κ3) is 6.86. The molecule has 1 N–H and O–H groups in total. The van der Waals surface area contributed by atoms with Gasteiger partial charge in [0, 0.05) is 36.2 Å². The van der Waals surface area contributed by atoms with E-state index in [1.54, 1.807) is 18.0 Å². The summed E-state index contributed by atoms with van der Waals surface area (Å²) in [5, 5.41) is 3.30. The predicted octanol–water partition coefficient (Wildman–Crippen LogP) is 2.18. The lowest BCUT2D eigenvalue weighted by Crippen LogP contribution is -2.05. The topological polar surface area (TPSA) is 59.1 Å². The summed E-state index contributed by atoms with van der Waals surface area (Å²) in [5.41, 5.74) is 2.06. The molecule has 0 aromatic carbocycles. The largest absolute Gasteiger partial charge is 0.385 e. The summed E-state index contributed by atoms with van der Waals surface area (Å²) in [6, 6.07) is 3.96. The Labute approximate surface area is 114 Å². The number of nitrogens with one attached hydrogen (secondary N) is 1. The van der Waals surface area contributed by atoms with E-state index >= 15 is 0 Å². The number of sulfone groups is 1. The molecule has 0 spiro atoms. The molecule has 18 heavy (non-hydrogen) atoms. The van der Waals surface area contributed by atoms with Crippen LogP contribution in [-0.2, 0) is 15.6 Å². The molecule has 0 atom stereocenters. The van der Waals surface area contributed by atoms with Crippen molar-refractivity contribution in [1.29, 1.82) is 0 Å². The molecular weight excluding hydrogens is 268 g/mol. The molecule has 1 rings (SSSR count). The Morgan fingerprint density at radius 3 is 2.89 bits per heavy atom. The number of aromatic nitrogens is 1. The van der Waals surface area contributed by atoms with E-state index in [-0.39, 0.29) is 5.75 Å². The molecule has 4 nitrogen and oxygen atoms in total. The molecule has 1 heterocycles. The van der Waals surface area contributed by atoms with Crippen LogP contribution in [0, 0.1) is 0 Å². The van der Waals surface area contributed by atoms with Crippen molar-refractivity contribution < 1.29 is 8.42 Å². The highest BCUT2D eigenvalue weighted by molar-refractivity contribution is 7.99. The lowest BCUT2D eigenvalue weighted by atomic mass is 10.3. The van der Waals surface area contributed by atoms with Gasteiger partial charge in [0.1, 0.15) is 9.84 Å². The second-order valence-corrected chi connectivity index (χ2v) is 7.51. The zero-order valence-electron chi connectivity index (χ0n) is 10.8. The minimum absolute atomic E-state index is 0.228. The van der Waals surface area contributed by atoms with Gasteiger partial charge >= 0.3 is 0 Å². The number of anilines is 1. The summed E-state index contributed by atoms with van der Waals surface area (Å²) >= 11 is 1.60. The fourth-order valence-electron chi connectivity index (χ4n) is 1.32. The molecule has 0 fully saturated rings. The molecule has 0 saturated heterocycles. The number of hydrogen-bond acceptors (Lipinski definition) is 5. The molecule has 0 aliphatic carbocycles. The number of rotatable bonds is 8. The van der Waals surface area contributed by atoms with Gasteiger partial charge in [0.2, 0.25) is 0 Å². The van der Waals surface area contributed by atoms with Crippen LogP contribution >= 0.6 is 11.8 Å². The molecule has 0 unspecified atom stereocenters. The van der Waals surface area contributed by atoms with E-state index in [1.807, 2.05) is 12.1 Å². The van der Waals surface area contributed by atoms with Crippen LogP contribution < -0.4 is 5.32 Å². The molecule has 0 amide bonds. The normalized spacial score (nSPS) is 11.4. The van der Waals surface area contributed by atoms with Gasteiger partial charge in [0.25, 0.3) is 0 Å². The maximum absolute atomic E-state index is 11.0. The summed E-state index contributed by atoms with van der Waals surface area (Å²) in [6.07, 6.45) is 4.13. The Hall–Kier alpha value is -0.750. The van der Waals surface area contributed by atoms with Gasteiger partial charge in [-0.2, -0.15) is 11.8 Å². The van der Waals surface area contributed by atoms with Crippen molar-refractivity contribution in [3.05, 3.63) is 24.0 Å². The quantitative estimate of drug-likeness (QED) is 0.743. The van der Waals surface area contributed by atoms with E-state index in [4.69, 9.17) is 0 Å². The van der Waals surface area contributed by atoms with Gasteiger partial charge in [-0.1, -0.05) is 6.92 Å². The SMILES string of the molecule is CCCNc1ccnc(CSCCS(C)(=O)=O)c1. The van der Waals surface area contributed by atoms with Gasteiger partial charge in [-0.25, -0.2) is 8.42 Å². The van der Waals surface area contributed by atoms with Crippen LogP contribution in [0.3, 0.4) is 0 Å². The van der Waals surface area contributed by atoms with Crippen LogP contribution in [0.1, 0.15) is 19.0 Å². The van der Waals surface area contributed by atoms with Crippen molar-refractivity contribution in [3.63, 3.8) is 0 Å². The van der Waals surface area contributed by atoms with Crippen molar-refractivity contribution >= 4 is 27.3 Å². The first-order valence-corrected chi connectivity index (χ1v) is 9.17. The maximum atomic E-state index is 11.0. The smallest absolute Gasteiger partial charge is 0.148 e. The summed E-state index contributed by atoms with van der Waals surface area (Å²) in [5.74, 6) is 1.59. The molecule has 0 saturated carbocycles. The van der Waals surface area contributed by atoms with Crippen molar-refractivity contribution in [1.82, 2.24) is 4.98 Å². The molecule has 0 aliphatic heterocycles. The minimum atomic E-state index is -2.85. The first kappa shape index (κ1) is 15.3. The zero-order valence-corrected chi connectivity index (χ0v) is 12.5. The molecular formula is C12H20N2O2S2. The van der Waals surface area contributed by atoms with Crippen molar-refractivity contribution in [3.8, 4) is 0 Å². The average Bonchev–Trinajstić information content (AvgIpc) is 2.31. The van der Waals surface area contributed by atoms with Crippen molar-refractivity contribution in [2.75, 3.05) is 29.6 Å². The van der Waals surface area contributed by atoms with Crippen LogP contribution in [-0.4, -0.2) is 37.7 Å². The van der Waals surface area contributed by atoms with Crippen LogP contribution in [0.15, 0.2) is 18.3 Å². The second-order valence-electron chi connectivity index (χ2n) is 4.15. The highest BCUT2D eigenvalue weighted by Crippen LogP contribution is 2.14. The Morgan fingerprint density at radius 1 is 1.44 bits per heavy atom. The van der Waals surface area contributed by atoms with E-state index in [0.29, 0.717) is 5.75 Å². The monoisotopic (exact) mass is 288 g/mol. The van der Waals surface area contributed by atoms with Gasteiger partial charge in [0.05, 0.1) is 11.4 Å². The highest BCUT2D eigenvalue weighted by Gasteiger charge is 2.03. The van der Waals surface area contributed by atoms with E-state index in [0.717, 1.165) is 30.1 Å². The number of pyridine rings is 1. The van der Waals surface area contributed by atoms with Crippen LogP contribution in [0.25, 0.3) is 0 Å². The third-order valence-electron chi connectivity index (χ3n) is 2.24. The molecule has 0 radical (unpaired) electrons. The summed E-state index contributed by atoms with van der Waals surface area (Å²) in [4.78, 5) is 4.27. The number of hydrogen-bond donors (Lipinski definition) is 1. The van der Waals surface area contributed by atoms with Gasteiger partial charge < -0.3 is 5.32 Å². The summed E-state index contributed by atoms with van der Waals surface area (Å²) in [7, 11) is -2.85. The maximum Gasteiger partial charge on any atom is 0.148 e. The molecule has 6 heteroatoms. The van der Waals surface area contributed by atoms with Gasteiger partial charge in [-0.3, -0.25) is 4.98 Å². The van der Waals surface area contributed by atoms with Crippen LogP contribution in [0.4, 0.5) is 5.69 Å². The number of nitrogens with zero attached hydrogens (tertiary/aromatic N) is 1. The second kappa shape index (κ2) is 7.63. The van der Waals surface area contributed by atoms with Crippen molar-refractivity contribution in [2.45, 2.75) is 19.1 Å². The molecule has 0 bridgehead atoms. The Balaban J connectivity index is 2.38. The third-order valence-corrected chi connectivity index (χ3v) is 4.44. The fourth-order valence-corrected chi connectivity index (χ4v) is 3.52. The standard InChI is InChI=1S/C12H20N2O2S2/c1-3-5-13-11-4-6-14-12(9-11)10-17-7-8-18(2,15)16/h4,6,9H,3,5,7-8,10H2,1-2H3,(H,13,14).